The average molecular weight is 213 g/mol. The van der Waals surface area contributed by atoms with E-state index in [1.165, 1.54) is 42.5 Å². The molecule has 0 saturated carbocycles. The third kappa shape index (κ3) is 1.54. The Labute approximate surface area is 95.1 Å². The smallest absolute Gasteiger partial charge is 0.178 e. The number of rotatable bonds is 1. The molecular formula is C14H15NO. The van der Waals surface area contributed by atoms with E-state index in [1.807, 2.05) is 12.2 Å². The summed E-state index contributed by atoms with van der Waals surface area (Å²) in [5.41, 5.74) is 4.24. The Morgan fingerprint density at radius 3 is 2.69 bits per heavy atom. The van der Waals surface area contributed by atoms with Crippen molar-refractivity contribution in [2.24, 2.45) is 0 Å². The molecule has 16 heavy (non-hydrogen) atoms. The molecule has 2 heteroatoms. The molecule has 1 aromatic rings. The van der Waals surface area contributed by atoms with Gasteiger partial charge in [-0.1, -0.05) is 12.2 Å². The van der Waals surface area contributed by atoms with Crippen LogP contribution in [0.5, 0.6) is 0 Å². The first-order valence-corrected chi connectivity index (χ1v) is 5.94. The highest BCUT2D eigenvalue weighted by Gasteiger charge is 2.19. The highest BCUT2D eigenvalue weighted by molar-refractivity contribution is 6.00. The molecule has 2 aliphatic rings. The highest BCUT2D eigenvalue weighted by atomic mass is 16.1. The van der Waals surface area contributed by atoms with Crippen molar-refractivity contribution < 1.29 is 4.79 Å². The Morgan fingerprint density at radius 1 is 1.12 bits per heavy atom. The van der Waals surface area contributed by atoms with Gasteiger partial charge < -0.3 is 4.98 Å². The standard InChI is InChI=1S/C14H15NO/c16-12-7-5-10(6-8-12)14-13-4-2-1-3-11(13)9-15-14/h5-10,15H,1-4H2. The van der Waals surface area contributed by atoms with Crippen molar-refractivity contribution in [2.45, 2.75) is 31.6 Å². The number of H-pyrrole nitrogens is 1. The molecule has 82 valence electrons. The van der Waals surface area contributed by atoms with Crippen molar-refractivity contribution in [2.75, 3.05) is 0 Å². The van der Waals surface area contributed by atoms with Gasteiger partial charge in [-0.15, -0.1) is 0 Å². The number of aromatic amines is 1. The molecule has 0 unspecified atom stereocenters. The first-order valence-electron chi connectivity index (χ1n) is 5.94. The van der Waals surface area contributed by atoms with Crippen LogP contribution in [0.3, 0.4) is 0 Å². The predicted molar refractivity (Wildman–Crippen MR) is 63.5 cm³/mol. The number of carbonyl (C=O) groups is 1. The molecule has 0 atom stereocenters. The summed E-state index contributed by atoms with van der Waals surface area (Å²) < 4.78 is 0. The summed E-state index contributed by atoms with van der Waals surface area (Å²) >= 11 is 0. The van der Waals surface area contributed by atoms with Crippen LogP contribution in [0.15, 0.2) is 30.5 Å². The molecule has 2 nitrogen and oxygen atoms in total. The summed E-state index contributed by atoms with van der Waals surface area (Å²) in [4.78, 5) is 14.5. The Hall–Kier alpha value is -1.57. The van der Waals surface area contributed by atoms with Gasteiger partial charge in [-0.05, 0) is 49.0 Å². The second kappa shape index (κ2) is 3.78. The topological polar surface area (TPSA) is 32.9 Å². The summed E-state index contributed by atoms with van der Waals surface area (Å²) in [6.07, 6.45) is 14.4. The fourth-order valence-electron chi connectivity index (χ4n) is 2.65. The minimum Gasteiger partial charge on any atom is -0.364 e. The zero-order chi connectivity index (χ0) is 11.0. The second-order valence-corrected chi connectivity index (χ2v) is 4.56. The lowest BCUT2D eigenvalue weighted by Crippen LogP contribution is -2.06. The fraction of sp³-hybridized carbons (Fsp3) is 0.357. The molecule has 0 fully saturated rings. The highest BCUT2D eigenvalue weighted by Crippen LogP contribution is 2.31. The molecule has 0 bridgehead atoms. The van der Waals surface area contributed by atoms with Crippen molar-refractivity contribution in [1.82, 2.24) is 4.98 Å². The Morgan fingerprint density at radius 2 is 1.88 bits per heavy atom. The van der Waals surface area contributed by atoms with Crippen molar-refractivity contribution in [1.29, 1.82) is 0 Å². The SMILES string of the molecule is O=C1C=CC(c2[nH]cc3c2CCCC3)C=C1. The number of fused-ring (bicyclic) bond motifs is 1. The van der Waals surface area contributed by atoms with E-state index in [4.69, 9.17) is 0 Å². The zero-order valence-electron chi connectivity index (χ0n) is 9.20. The summed E-state index contributed by atoms with van der Waals surface area (Å²) in [6, 6.07) is 0. The van der Waals surface area contributed by atoms with Crippen LogP contribution in [0, 0.1) is 0 Å². The third-order valence-corrected chi connectivity index (χ3v) is 3.51. The Balaban J connectivity index is 1.95. The van der Waals surface area contributed by atoms with E-state index in [0.29, 0.717) is 0 Å². The van der Waals surface area contributed by atoms with Gasteiger partial charge in [-0.25, -0.2) is 0 Å². The van der Waals surface area contributed by atoms with E-state index in [9.17, 15) is 4.79 Å². The van der Waals surface area contributed by atoms with Gasteiger partial charge in [0.2, 0.25) is 0 Å². The minimum absolute atomic E-state index is 0.0941. The first kappa shape index (κ1) is 9.64. The third-order valence-electron chi connectivity index (χ3n) is 3.51. The first-order chi connectivity index (χ1) is 7.84. The molecule has 2 aliphatic carbocycles. The average Bonchev–Trinajstić information content (AvgIpc) is 2.74. The molecule has 1 N–H and O–H groups in total. The van der Waals surface area contributed by atoms with Gasteiger partial charge in [0.25, 0.3) is 0 Å². The predicted octanol–water partition coefficient (Wildman–Crippen LogP) is 2.67. The van der Waals surface area contributed by atoms with Crippen LogP contribution in [-0.4, -0.2) is 10.8 Å². The van der Waals surface area contributed by atoms with Gasteiger partial charge in [0.05, 0.1) is 0 Å². The number of allylic oxidation sites excluding steroid dienone is 4. The van der Waals surface area contributed by atoms with Crippen LogP contribution in [-0.2, 0) is 17.6 Å². The number of carbonyl (C=O) groups excluding carboxylic acids is 1. The van der Waals surface area contributed by atoms with E-state index >= 15 is 0 Å². The maximum absolute atomic E-state index is 11.1. The molecule has 1 heterocycles. The lowest BCUT2D eigenvalue weighted by molar-refractivity contribution is -0.110. The molecule has 0 aromatic carbocycles. The number of hydrogen-bond acceptors (Lipinski definition) is 1. The van der Waals surface area contributed by atoms with E-state index in [2.05, 4.69) is 11.2 Å². The Bertz CT molecular complexity index is 463. The van der Waals surface area contributed by atoms with Gasteiger partial charge >= 0.3 is 0 Å². The summed E-state index contributed by atoms with van der Waals surface area (Å²) in [5.74, 6) is 0.358. The van der Waals surface area contributed by atoms with E-state index in [0.717, 1.165) is 0 Å². The normalized spacial score (nSPS) is 20.1. The van der Waals surface area contributed by atoms with Gasteiger partial charge in [0, 0.05) is 17.8 Å². The van der Waals surface area contributed by atoms with Crippen molar-refractivity contribution >= 4 is 5.78 Å². The van der Waals surface area contributed by atoms with Crippen molar-refractivity contribution in [3.05, 3.63) is 47.3 Å². The largest absolute Gasteiger partial charge is 0.364 e. The van der Waals surface area contributed by atoms with Crippen LogP contribution in [0.25, 0.3) is 0 Å². The van der Waals surface area contributed by atoms with Crippen LogP contribution in [0.1, 0.15) is 35.6 Å². The van der Waals surface area contributed by atoms with Gasteiger partial charge in [-0.3, -0.25) is 4.79 Å². The number of ketones is 1. The maximum Gasteiger partial charge on any atom is 0.178 e. The number of aryl methyl sites for hydroxylation is 1. The monoisotopic (exact) mass is 213 g/mol. The molecule has 0 saturated heterocycles. The number of aromatic nitrogens is 1. The zero-order valence-corrected chi connectivity index (χ0v) is 9.20. The lowest BCUT2D eigenvalue weighted by Gasteiger charge is -2.16. The van der Waals surface area contributed by atoms with Crippen LogP contribution < -0.4 is 0 Å². The maximum atomic E-state index is 11.1. The molecule has 0 aliphatic heterocycles. The van der Waals surface area contributed by atoms with Crippen LogP contribution in [0.2, 0.25) is 0 Å². The lowest BCUT2D eigenvalue weighted by atomic mass is 9.88. The van der Waals surface area contributed by atoms with E-state index in [-0.39, 0.29) is 11.7 Å². The summed E-state index contributed by atoms with van der Waals surface area (Å²) in [6.45, 7) is 0. The van der Waals surface area contributed by atoms with Crippen LogP contribution in [0.4, 0.5) is 0 Å². The Kier molecular flexibility index (Phi) is 2.28. The van der Waals surface area contributed by atoms with Gasteiger partial charge in [-0.2, -0.15) is 0 Å². The quantitative estimate of drug-likeness (QED) is 0.764. The van der Waals surface area contributed by atoms with Gasteiger partial charge in [0.15, 0.2) is 5.78 Å². The molecule has 0 amide bonds. The van der Waals surface area contributed by atoms with Crippen molar-refractivity contribution in [3.63, 3.8) is 0 Å². The number of hydrogen-bond donors (Lipinski definition) is 1. The molecule has 0 spiro atoms. The number of nitrogens with one attached hydrogen (secondary N) is 1. The minimum atomic E-state index is 0.0941. The summed E-state index contributed by atoms with van der Waals surface area (Å²) in [7, 11) is 0. The molecular weight excluding hydrogens is 198 g/mol. The van der Waals surface area contributed by atoms with Crippen molar-refractivity contribution in [3.8, 4) is 0 Å². The van der Waals surface area contributed by atoms with Crippen LogP contribution >= 0.6 is 0 Å². The fourth-order valence-corrected chi connectivity index (χ4v) is 2.65. The molecule has 1 aromatic heterocycles. The summed E-state index contributed by atoms with van der Waals surface area (Å²) in [5, 5.41) is 0. The molecule has 3 rings (SSSR count). The molecule has 0 radical (unpaired) electrons. The second-order valence-electron chi connectivity index (χ2n) is 4.56. The van der Waals surface area contributed by atoms with E-state index < -0.39 is 0 Å². The van der Waals surface area contributed by atoms with Gasteiger partial charge in [0.1, 0.15) is 0 Å². The van der Waals surface area contributed by atoms with E-state index in [1.54, 1.807) is 12.2 Å².